The van der Waals surface area contributed by atoms with E-state index in [2.05, 4.69) is 4.98 Å². The minimum Gasteiger partial charge on any atom is -0.476 e. The summed E-state index contributed by atoms with van der Waals surface area (Å²) in [5, 5.41) is 9.49. The highest BCUT2D eigenvalue weighted by atomic mass is 16.5. The molecule has 3 rings (SSSR count). The fraction of sp³-hybridized carbons (Fsp3) is 0.429. The van der Waals surface area contributed by atoms with Crippen molar-refractivity contribution >= 4 is 17.4 Å². The normalized spacial score (nSPS) is 19.4. The van der Waals surface area contributed by atoms with E-state index in [1.807, 2.05) is 17.0 Å². The average molecular weight is 275 g/mol. The number of pyridine rings is 1. The smallest absolute Gasteiger partial charge is 0.356 e. The van der Waals surface area contributed by atoms with Crippen LogP contribution in [0.25, 0.3) is 5.65 Å². The third-order valence-corrected chi connectivity index (χ3v) is 3.73. The highest BCUT2D eigenvalue weighted by molar-refractivity contribution is 5.93. The topological polar surface area (TPSA) is 67.1 Å². The van der Waals surface area contributed by atoms with Crippen molar-refractivity contribution in [3.8, 4) is 0 Å². The largest absolute Gasteiger partial charge is 0.476 e. The molecule has 1 aliphatic rings. The lowest BCUT2D eigenvalue weighted by Crippen LogP contribution is -2.40. The molecule has 0 radical (unpaired) electrons. The summed E-state index contributed by atoms with van der Waals surface area (Å²) >= 11 is 0. The first-order chi connectivity index (χ1) is 9.70. The second-order valence-corrected chi connectivity index (χ2v) is 4.96. The molecule has 3 heterocycles. The molecule has 0 spiro atoms. The van der Waals surface area contributed by atoms with Crippen molar-refractivity contribution in [2.45, 2.75) is 18.9 Å². The Morgan fingerprint density at radius 3 is 3.10 bits per heavy atom. The van der Waals surface area contributed by atoms with Crippen LogP contribution < -0.4 is 4.90 Å². The molecule has 0 aliphatic carbocycles. The second-order valence-electron chi connectivity index (χ2n) is 4.96. The number of rotatable bonds is 3. The molecule has 106 valence electrons. The zero-order valence-corrected chi connectivity index (χ0v) is 11.3. The van der Waals surface area contributed by atoms with Crippen molar-refractivity contribution in [1.82, 2.24) is 9.38 Å². The molecule has 1 aliphatic heterocycles. The first kappa shape index (κ1) is 12.9. The summed E-state index contributed by atoms with van der Waals surface area (Å²) < 4.78 is 7.01. The Kier molecular flexibility index (Phi) is 3.31. The lowest BCUT2D eigenvalue weighted by atomic mass is 10.1. The summed E-state index contributed by atoms with van der Waals surface area (Å²) in [7, 11) is 1.69. The molecular formula is C14H17N3O3. The molecule has 1 fully saturated rings. The molecule has 1 N–H and O–H groups in total. The summed E-state index contributed by atoms with van der Waals surface area (Å²) in [6.45, 7) is 1.49. The maximum Gasteiger partial charge on any atom is 0.356 e. The van der Waals surface area contributed by atoms with Crippen LogP contribution in [0.2, 0.25) is 0 Å². The van der Waals surface area contributed by atoms with E-state index in [-0.39, 0.29) is 11.8 Å². The second kappa shape index (κ2) is 5.13. The van der Waals surface area contributed by atoms with E-state index in [1.54, 1.807) is 23.8 Å². The van der Waals surface area contributed by atoms with E-state index in [4.69, 9.17) is 4.74 Å². The third kappa shape index (κ3) is 2.12. The molecular weight excluding hydrogens is 258 g/mol. The predicted molar refractivity (Wildman–Crippen MR) is 74.4 cm³/mol. The summed E-state index contributed by atoms with van der Waals surface area (Å²) in [6, 6.07) is 5.47. The molecule has 6 heteroatoms. The number of methoxy groups -OCH3 is 1. The Bertz CT molecular complexity index is 638. The van der Waals surface area contributed by atoms with Gasteiger partial charge in [-0.15, -0.1) is 0 Å². The van der Waals surface area contributed by atoms with Gasteiger partial charge in [0.25, 0.3) is 0 Å². The number of hydrogen-bond donors (Lipinski definition) is 1. The number of ether oxygens (including phenoxy) is 1. The zero-order valence-electron chi connectivity index (χ0n) is 11.3. The summed E-state index contributed by atoms with van der Waals surface area (Å²) in [5.74, 6) is -0.427. The zero-order chi connectivity index (χ0) is 14.1. The summed E-state index contributed by atoms with van der Waals surface area (Å²) in [6.07, 6.45) is 3.84. The fourth-order valence-electron chi connectivity index (χ4n) is 2.73. The molecule has 0 saturated carbocycles. The van der Waals surface area contributed by atoms with Gasteiger partial charge in [0.05, 0.1) is 6.10 Å². The molecule has 6 nitrogen and oxygen atoms in total. The summed E-state index contributed by atoms with van der Waals surface area (Å²) in [5.41, 5.74) is 0.872. The van der Waals surface area contributed by atoms with Crippen LogP contribution >= 0.6 is 0 Å². The van der Waals surface area contributed by atoms with Crippen molar-refractivity contribution in [3.63, 3.8) is 0 Å². The molecule has 1 atom stereocenters. The number of piperidine rings is 1. The number of nitrogens with zero attached hydrogens (tertiary/aromatic N) is 3. The predicted octanol–water partition coefficient (Wildman–Crippen LogP) is 1.65. The molecule has 20 heavy (non-hydrogen) atoms. The van der Waals surface area contributed by atoms with Crippen LogP contribution in [0.15, 0.2) is 24.4 Å². The van der Waals surface area contributed by atoms with Crippen molar-refractivity contribution in [2.75, 3.05) is 25.1 Å². The number of carboxylic acid groups (broad SMARTS) is 1. The molecule has 2 aromatic heterocycles. The third-order valence-electron chi connectivity index (χ3n) is 3.73. The Labute approximate surface area is 116 Å². The maximum atomic E-state index is 11.6. The highest BCUT2D eigenvalue weighted by Crippen LogP contribution is 2.25. The molecule has 0 aromatic carbocycles. The molecule has 0 bridgehead atoms. The van der Waals surface area contributed by atoms with Gasteiger partial charge in [-0.2, -0.15) is 0 Å². The lowest BCUT2D eigenvalue weighted by molar-refractivity contribution is 0.0687. The number of hydrogen-bond acceptors (Lipinski definition) is 4. The van der Waals surface area contributed by atoms with Gasteiger partial charge in [0.2, 0.25) is 0 Å². The van der Waals surface area contributed by atoms with Gasteiger partial charge >= 0.3 is 5.97 Å². The molecule has 0 amide bonds. The number of aromatic carboxylic acids is 1. The van der Waals surface area contributed by atoms with E-state index >= 15 is 0 Å². The Morgan fingerprint density at radius 1 is 1.50 bits per heavy atom. The van der Waals surface area contributed by atoms with Crippen LogP contribution in [-0.2, 0) is 4.74 Å². The summed E-state index contributed by atoms with van der Waals surface area (Å²) in [4.78, 5) is 18.1. The Balaban J connectivity index is 2.06. The SMILES string of the molecule is COC1CCCN(c2nc3ccccn3c2C(=O)O)C1. The number of imidazole rings is 1. The van der Waals surface area contributed by atoms with Crippen molar-refractivity contribution in [1.29, 1.82) is 0 Å². The van der Waals surface area contributed by atoms with Gasteiger partial charge in [-0.1, -0.05) is 6.07 Å². The fourth-order valence-corrected chi connectivity index (χ4v) is 2.73. The van der Waals surface area contributed by atoms with Crippen LogP contribution in [0.4, 0.5) is 5.82 Å². The number of fused-ring (bicyclic) bond motifs is 1. The minimum atomic E-state index is -0.960. The van der Waals surface area contributed by atoms with Crippen LogP contribution in [0.3, 0.4) is 0 Å². The van der Waals surface area contributed by atoms with Gasteiger partial charge in [0, 0.05) is 26.4 Å². The molecule has 1 saturated heterocycles. The van der Waals surface area contributed by atoms with Crippen LogP contribution in [0.1, 0.15) is 23.3 Å². The average Bonchev–Trinajstić information content (AvgIpc) is 2.87. The van der Waals surface area contributed by atoms with E-state index in [1.165, 1.54) is 0 Å². The van der Waals surface area contributed by atoms with Gasteiger partial charge in [-0.3, -0.25) is 4.40 Å². The first-order valence-electron chi connectivity index (χ1n) is 6.69. The van der Waals surface area contributed by atoms with Gasteiger partial charge in [-0.05, 0) is 25.0 Å². The van der Waals surface area contributed by atoms with Crippen LogP contribution in [0.5, 0.6) is 0 Å². The molecule has 1 unspecified atom stereocenters. The van der Waals surface area contributed by atoms with E-state index < -0.39 is 5.97 Å². The van der Waals surface area contributed by atoms with Crippen molar-refractivity contribution < 1.29 is 14.6 Å². The van der Waals surface area contributed by atoms with E-state index in [0.717, 1.165) is 19.4 Å². The Morgan fingerprint density at radius 2 is 2.35 bits per heavy atom. The number of anilines is 1. The monoisotopic (exact) mass is 275 g/mol. The standard InChI is InChI=1S/C14H17N3O3/c1-20-10-5-4-7-16(9-10)13-12(14(18)19)17-8-3-2-6-11(17)15-13/h2-3,6,8,10H,4-5,7,9H2,1H3,(H,18,19). The number of carbonyl (C=O) groups is 1. The van der Waals surface area contributed by atoms with E-state index in [0.29, 0.717) is 18.0 Å². The van der Waals surface area contributed by atoms with Gasteiger partial charge in [-0.25, -0.2) is 9.78 Å². The lowest BCUT2D eigenvalue weighted by Gasteiger charge is -2.32. The minimum absolute atomic E-state index is 0.134. The van der Waals surface area contributed by atoms with Crippen molar-refractivity contribution in [3.05, 3.63) is 30.1 Å². The van der Waals surface area contributed by atoms with Crippen LogP contribution in [-0.4, -0.2) is 46.8 Å². The van der Waals surface area contributed by atoms with Gasteiger partial charge in [0.1, 0.15) is 5.65 Å². The van der Waals surface area contributed by atoms with Crippen molar-refractivity contribution in [2.24, 2.45) is 0 Å². The maximum absolute atomic E-state index is 11.6. The highest BCUT2D eigenvalue weighted by Gasteiger charge is 2.27. The van der Waals surface area contributed by atoms with Crippen LogP contribution in [0, 0.1) is 0 Å². The van der Waals surface area contributed by atoms with Gasteiger partial charge < -0.3 is 14.7 Å². The quantitative estimate of drug-likeness (QED) is 0.922. The first-order valence-corrected chi connectivity index (χ1v) is 6.69. The number of aromatic nitrogens is 2. The van der Waals surface area contributed by atoms with Gasteiger partial charge in [0.15, 0.2) is 11.5 Å². The van der Waals surface area contributed by atoms with E-state index in [9.17, 15) is 9.90 Å². The Hall–Kier alpha value is -2.08. The number of carboxylic acids is 1. The molecule has 2 aromatic rings.